The molecule has 0 heterocycles. The smallest absolute Gasteiger partial charge is 0.00773 e. The van der Waals surface area contributed by atoms with E-state index >= 15 is 0 Å². The summed E-state index contributed by atoms with van der Waals surface area (Å²) in [7, 11) is 6.00. The SMILES string of the molecule is CCCCCCCCCCCCCCCCN.CN(C)C.Cl.Cl. The second-order valence-electron chi connectivity index (χ2n) is 6.73. The highest BCUT2D eigenvalue weighted by Gasteiger charge is 1.93. The van der Waals surface area contributed by atoms with Gasteiger partial charge in [-0.15, -0.1) is 24.8 Å². The van der Waals surface area contributed by atoms with Crippen LogP contribution in [0.2, 0.25) is 0 Å². The van der Waals surface area contributed by atoms with Gasteiger partial charge in [-0.1, -0.05) is 90.4 Å². The minimum Gasteiger partial charge on any atom is -0.330 e. The number of nitrogens with zero attached hydrogens (tertiary/aromatic N) is 1. The van der Waals surface area contributed by atoms with Crippen molar-refractivity contribution < 1.29 is 0 Å². The maximum atomic E-state index is 5.47. The lowest BCUT2D eigenvalue weighted by atomic mass is 10.0. The van der Waals surface area contributed by atoms with Gasteiger partial charge in [-0.05, 0) is 34.1 Å². The van der Waals surface area contributed by atoms with Crippen molar-refractivity contribution in [3.8, 4) is 0 Å². The van der Waals surface area contributed by atoms with E-state index in [4.69, 9.17) is 5.73 Å². The lowest BCUT2D eigenvalue weighted by Gasteiger charge is -2.02. The van der Waals surface area contributed by atoms with Crippen molar-refractivity contribution in [3.05, 3.63) is 0 Å². The number of halogens is 2. The molecule has 0 aromatic carbocycles. The molecule has 0 aliphatic heterocycles. The summed E-state index contributed by atoms with van der Waals surface area (Å²) in [5.41, 5.74) is 5.47. The van der Waals surface area contributed by atoms with Crippen LogP contribution in [0.3, 0.4) is 0 Å². The maximum absolute atomic E-state index is 5.47. The van der Waals surface area contributed by atoms with Crippen LogP contribution in [0.15, 0.2) is 0 Å². The van der Waals surface area contributed by atoms with Crippen molar-refractivity contribution in [1.82, 2.24) is 4.90 Å². The van der Waals surface area contributed by atoms with Crippen molar-refractivity contribution >= 4 is 24.8 Å². The molecule has 0 saturated carbocycles. The van der Waals surface area contributed by atoms with E-state index in [-0.39, 0.29) is 24.8 Å². The van der Waals surface area contributed by atoms with Crippen LogP contribution in [0.5, 0.6) is 0 Å². The minimum absolute atomic E-state index is 0. The molecule has 0 radical (unpaired) electrons. The van der Waals surface area contributed by atoms with Gasteiger partial charge in [0.1, 0.15) is 0 Å². The molecule has 0 aliphatic carbocycles. The van der Waals surface area contributed by atoms with Crippen molar-refractivity contribution in [1.29, 1.82) is 0 Å². The van der Waals surface area contributed by atoms with E-state index in [1.807, 2.05) is 26.0 Å². The van der Waals surface area contributed by atoms with E-state index in [1.54, 1.807) is 0 Å². The minimum atomic E-state index is 0. The Hall–Kier alpha value is 0.500. The number of unbranched alkanes of at least 4 members (excludes halogenated alkanes) is 13. The highest BCUT2D eigenvalue weighted by Crippen LogP contribution is 2.12. The molecule has 0 atom stereocenters. The molecule has 0 aliphatic rings. The molecular formula is C19H46Cl2N2. The maximum Gasteiger partial charge on any atom is -0.00773 e. The summed E-state index contributed by atoms with van der Waals surface area (Å²) in [6.45, 7) is 3.16. The van der Waals surface area contributed by atoms with Crippen LogP contribution < -0.4 is 5.73 Å². The second kappa shape index (κ2) is 30.4. The fourth-order valence-corrected chi connectivity index (χ4v) is 2.34. The molecule has 0 unspecified atom stereocenters. The third kappa shape index (κ3) is 45.0. The first kappa shape index (κ1) is 31.3. The van der Waals surface area contributed by atoms with Gasteiger partial charge in [0.2, 0.25) is 0 Å². The molecule has 0 spiro atoms. The van der Waals surface area contributed by atoms with Crippen LogP contribution in [-0.2, 0) is 0 Å². The Morgan fingerprint density at radius 1 is 0.522 bits per heavy atom. The van der Waals surface area contributed by atoms with E-state index in [1.165, 1.54) is 89.9 Å². The molecule has 0 fully saturated rings. The quantitative estimate of drug-likeness (QED) is 0.355. The van der Waals surface area contributed by atoms with E-state index in [0.717, 1.165) is 6.54 Å². The molecule has 4 heteroatoms. The first-order chi connectivity index (χ1) is 10.1. The summed E-state index contributed by atoms with van der Waals surface area (Å²) in [4.78, 5) is 2.00. The highest BCUT2D eigenvalue weighted by atomic mass is 35.5. The summed E-state index contributed by atoms with van der Waals surface area (Å²) in [5.74, 6) is 0. The zero-order valence-corrected chi connectivity index (χ0v) is 18.1. The fraction of sp³-hybridized carbons (Fsp3) is 1.00. The van der Waals surface area contributed by atoms with Crippen molar-refractivity contribution in [2.75, 3.05) is 27.7 Å². The Labute approximate surface area is 160 Å². The number of nitrogens with two attached hydrogens (primary N) is 1. The standard InChI is InChI=1S/C16H35N.C3H9N.2ClH/c1-2-3-4-5-6-7-8-9-10-11-12-13-14-15-16-17;1-4(2)3;;/h2-17H2,1H3;1-3H3;2*1H. The molecule has 0 saturated heterocycles. The van der Waals surface area contributed by atoms with Crippen LogP contribution in [0.25, 0.3) is 0 Å². The zero-order chi connectivity index (χ0) is 16.2. The molecule has 0 bridgehead atoms. The predicted molar refractivity (Wildman–Crippen MR) is 113 cm³/mol. The van der Waals surface area contributed by atoms with Crippen LogP contribution >= 0.6 is 24.8 Å². The summed E-state index contributed by atoms with van der Waals surface area (Å²) in [6, 6.07) is 0. The molecule has 0 aromatic heterocycles. The average Bonchev–Trinajstić information content (AvgIpc) is 2.43. The highest BCUT2D eigenvalue weighted by molar-refractivity contribution is 5.85. The summed E-state index contributed by atoms with van der Waals surface area (Å²) >= 11 is 0. The zero-order valence-electron chi connectivity index (χ0n) is 16.4. The van der Waals surface area contributed by atoms with Gasteiger partial charge in [-0.3, -0.25) is 0 Å². The lowest BCUT2D eigenvalue weighted by molar-refractivity contribution is 0.505. The van der Waals surface area contributed by atoms with E-state index < -0.39 is 0 Å². The van der Waals surface area contributed by atoms with Gasteiger partial charge in [-0.2, -0.15) is 0 Å². The Kier molecular flexibility index (Phi) is 41.3. The molecule has 0 aromatic rings. The predicted octanol–water partition coefficient (Wildman–Crippen LogP) is 6.45. The number of hydrogen-bond donors (Lipinski definition) is 1. The van der Waals surface area contributed by atoms with Crippen LogP contribution in [-0.4, -0.2) is 32.6 Å². The summed E-state index contributed by atoms with van der Waals surface area (Å²) in [5, 5.41) is 0. The molecule has 0 amide bonds. The number of hydrogen-bond acceptors (Lipinski definition) is 2. The molecule has 23 heavy (non-hydrogen) atoms. The molecule has 2 N–H and O–H groups in total. The first-order valence-corrected chi connectivity index (χ1v) is 9.46. The van der Waals surface area contributed by atoms with Crippen LogP contribution in [0, 0.1) is 0 Å². The third-order valence-corrected chi connectivity index (χ3v) is 3.56. The fourth-order valence-electron chi connectivity index (χ4n) is 2.34. The Bertz CT molecular complexity index is 151. The molecular weight excluding hydrogens is 327 g/mol. The van der Waals surface area contributed by atoms with Crippen molar-refractivity contribution in [2.24, 2.45) is 5.73 Å². The van der Waals surface area contributed by atoms with E-state index in [0.29, 0.717) is 0 Å². The van der Waals surface area contributed by atoms with Gasteiger partial charge < -0.3 is 10.6 Å². The lowest BCUT2D eigenvalue weighted by Crippen LogP contribution is -1.99. The van der Waals surface area contributed by atoms with Crippen molar-refractivity contribution in [2.45, 2.75) is 96.8 Å². The molecule has 2 nitrogen and oxygen atoms in total. The van der Waals surface area contributed by atoms with Gasteiger partial charge in [0.05, 0.1) is 0 Å². The molecule has 146 valence electrons. The Balaban J connectivity index is -0.000000268. The third-order valence-electron chi connectivity index (χ3n) is 3.56. The average molecular weight is 373 g/mol. The summed E-state index contributed by atoms with van der Waals surface area (Å²) < 4.78 is 0. The van der Waals surface area contributed by atoms with Gasteiger partial charge in [0, 0.05) is 0 Å². The second-order valence-corrected chi connectivity index (χ2v) is 6.73. The van der Waals surface area contributed by atoms with Crippen LogP contribution in [0.4, 0.5) is 0 Å². The van der Waals surface area contributed by atoms with Gasteiger partial charge in [-0.25, -0.2) is 0 Å². The topological polar surface area (TPSA) is 29.3 Å². The normalized spacial score (nSPS) is 9.65. The summed E-state index contributed by atoms with van der Waals surface area (Å²) in [6.07, 6.45) is 19.9. The van der Waals surface area contributed by atoms with E-state index in [9.17, 15) is 0 Å². The van der Waals surface area contributed by atoms with Gasteiger partial charge in [0.15, 0.2) is 0 Å². The molecule has 0 rings (SSSR count). The Morgan fingerprint density at radius 2 is 0.739 bits per heavy atom. The van der Waals surface area contributed by atoms with Gasteiger partial charge >= 0.3 is 0 Å². The first-order valence-electron chi connectivity index (χ1n) is 9.46. The van der Waals surface area contributed by atoms with Gasteiger partial charge in [0.25, 0.3) is 0 Å². The largest absolute Gasteiger partial charge is 0.330 e. The van der Waals surface area contributed by atoms with E-state index in [2.05, 4.69) is 6.92 Å². The number of rotatable bonds is 14. The monoisotopic (exact) mass is 372 g/mol. The van der Waals surface area contributed by atoms with Crippen LogP contribution in [0.1, 0.15) is 96.8 Å². The van der Waals surface area contributed by atoms with Crippen molar-refractivity contribution in [3.63, 3.8) is 0 Å². The Morgan fingerprint density at radius 3 is 0.957 bits per heavy atom.